The van der Waals surface area contributed by atoms with E-state index in [1.54, 1.807) is 18.6 Å². The van der Waals surface area contributed by atoms with Crippen LogP contribution in [0.4, 0.5) is 0 Å². The Hall–Kier alpha value is -2.65. The van der Waals surface area contributed by atoms with E-state index in [-0.39, 0.29) is 40.7 Å². The molecule has 0 amide bonds. The normalized spacial score (nSPS) is 11.0. The van der Waals surface area contributed by atoms with Crippen LogP contribution >= 0.6 is 11.3 Å². The third kappa shape index (κ3) is 3.65. The first-order valence-corrected chi connectivity index (χ1v) is 10.2. The molecule has 0 fully saturated rings. The third-order valence-corrected chi connectivity index (χ3v) is 6.16. The number of aromatic nitrogens is 4. The van der Waals surface area contributed by atoms with Crippen molar-refractivity contribution in [1.29, 1.82) is 0 Å². The Morgan fingerprint density at radius 2 is 1.84 bits per heavy atom. The molecule has 9 heteroatoms. The second-order valence-electron chi connectivity index (χ2n) is 6.91. The van der Waals surface area contributed by atoms with Crippen molar-refractivity contribution in [2.24, 2.45) is 0 Å². The van der Waals surface area contributed by atoms with E-state index in [1.165, 1.54) is 22.1 Å². The number of ether oxygens (including phenoxy) is 1. The quantitative estimate of drug-likeness (QED) is 0.370. The fourth-order valence-corrected chi connectivity index (χ4v) is 4.55. The molecule has 5 rings (SSSR count). The molecule has 3 heterocycles. The molecule has 0 aliphatic rings. The summed E-state index contributed by atoms with van der Waals surface area (Å²) in [5.41, 5.74) is 2.11. The summed E-state index contributed by atoms with van der Waals surface area (Å²) in [6, 6.07) is 16.6. The summed E-state index contributed by atoms with van der Waals surface area (Å²) in [7, 11) is 1.59. The van der Waals surface area contributed by atoms with E-state index in [9.17, 15) is 9.59 Å². The number of fused-ring (bicyclic) bond motifs is 2. The van der Waals surface area contributed by atoms with Crippen molar-refractivity contribution >= 4 is 32.5 Å². The van der Waals surface area contributed by atoms with Crippen molar-refractivity contribution in [2.45, 2.75) is 13.5 Å². The molecule has 0 aliphatic heterocycles. The maximum absolute atomic E-state index is 13.2. The van der Waals surface area contributed by atoms with Gasteiger partial charge in [-0.3, -0.25) is 9.59 Å². The number of nitrogens with zero attached hydrogens (tertiary/aromatic N) is 4. The summed E-state index contributed by atoms with van der Waals surface area (Å²) in [5.74, 6) is 0.691. The van der Waals surface area contributed by atoms with Crippen LogP contribution in [0.2, 0.25) is 0 Å². The molecule has 3 aromatic heterocycles. The van der Waals surface area contributed by atoms with Crippen molar-refractivity contribution in [3.63, 3.8) is 0 Å². The molecule has 0 saturated carbocycles. The zero-order valence-electron chi connectivity index (χ0n) is 17.3. The minimum atomic E-state index is -0.282. The van der Waals surface area contributed by atoms with Gasteiger partial charge >= 0.3 is 29.6 Å². The zero-order chi connectivity index (χ0) is 20.8. The minimum absolute atomic E-state index is 0. The third-order valence-electron chi connectivity index (χ3n) is 5.15. The van der Waals surface area contributed by atoms with Gasteiger partial charge in [-0.15, -0.1) is 5.52 Å². The monoisotopic (exact) mass is 440 g/mol. The molecule has 7 nitrogen and oxygen atoms in total. The van der Waals surface area contributed by atoms with E-state index in [0.29, 0.717) is 34.0 Å². The topological polar surface area (TPSA) is 80.2 Å². The summed E-state index contributed by atoms with van der Waals surface area (Å²) in [6.45, 7) is 2.07. The van der Waals surface area contributed by atoms with Crippen molar-refractivity contribution in [1.82, 2.24) is 19.3 Å². The number of rotatable bonds is 4. The summed E-state index contributed by atoms with van der Waals surface area (Å²) in [6.07, 6.45) is 0. The van der Waals surface area contributed by atoms with Crippen LogP contribution in [0, 0.1) is 6.92 Å². The maximum Gasteiger partial charge on any atom is 1.00 e. The van der Waals surface area contributed by atoms with E-state index in [1.807, 2.05) is 48.5 Å². The SMILES string of the molecule is COc1ccccc1Cn1c(C)c2c(=O)n(-c3nc4ccccc4s3)[n-]c2cc1=O.[Na+]. The Kier molecular flexibility index (Phi) is 5.90. The number of hydrogen-bond donors (Lipinski definition) is 0. The molecule has 0 bridgehead atoms. The smallest absolute Gasteiger partial charge is 0.585 e. The van der Waals surface area contributed by atoms with Crippen LogP contribution in [-0.2, 0) is 6.54 Å². The van der Waals surface area contributed by atoms with Gasteiger partial charge in [-0.1, -0.05) is 41.7 Å². The molecular formula is C22H17N4NaO3S. The largest absolute Gasteiger partial charge is 1.00 e. The standard InChI is InChI=1S/C22H18N4O3S.Na/c1-13-20-16(11-19(27)25(13)12-14-7-3-5-9-17(14)29-2)24-26(21(20)28)22-23-15-8-4-6-10-18(15)30-22;/h3-11H,12H2,1-2H3,(H,24,27);/q;+1/p-1. The number of aryl methyl sites for hydroxylation is 1. The van der Waals surface area contributed by atoms with Crippen LogP contribution in [0.3, 0.4) is 0 Å². The number of hydrogen-bond acceptors (Lipinski definition) is 5. The first-order chi connectivity index (χ1) is 14.6. The molecule has 0 aliphatic carbocycles. The Bertz CT molecular complexity index is 1500. The van der Waals surface area contributed by atoms with E-state index in [4.69, 9.17) is 4.74 Å². The molecule has 0 spiro atoms. The van der Waals surface area contributed by atoms with E-state index in [0.717, 1.165) is 15.8 Å². The van der Waals surface area contributed by atoms with Gasteiger partial charge in [0.05, 0.1) is 23.9 Å². The van der Waals surface area contributed by atoms with Crippen molar-refractivity contribution in [3.8, 4) is 10.9 Å². The molecular weight excluding hydrogens is 423 g/mol. The van der Waals surface area contributed by atoms with Crippen LogP contribution in [-0.4, -0.2) is 21.3 Å². The van der Waals surface area contributed by atoms with Crippen molar-refractivity contribution < 1.29 is 34.3 Å². The Morgan fingerprint density at radius 3 is 2.61 bits per heavy atom. The number of methoxy groups -OCH3 is 1. The zero-order valence-corrected chi connectivity index (χ0v) is 20.1. The van der Waals surface area contributed by atoms with Crippen LogP contribution in [0.5, 0.6) is 5.75 Å². The summed E-state index contributed by atoms with van der Waals surface area (Å²) in [5, 5.41) is 5.30. The van der Waals surface area contributed by atoms with Crippen LogP contribution in [0.15, 0.2) is 64.2 Å². The van der Waals surface area contributed by atoms with Gasteiger partial charge in [0.15, 0.2) is 5.13 Å². The molecule has 0 saturated heterocycles. The first kappa shape index (κ1) is 21.6. The molecule has 2 aromatic carbocycles. The van der Waals surface area contributed by atoms with Crippen LogP contribution in [0.1, 0.15) is 11.3 Å². The van der Waals surface area contributed by atoms with Gasteiger partial charge in [0, 0.05) is 16.6 Å². The first-order valence-electron chi connectivity index (χ1n) is 9.35. The van der Waals surface area contributed by atoms with Crippen molar-refractivity contribution in [2.75, 3.05) is 7.11 Å². The number of thiazole rings is 1. The average molecular weight is 440 g/mol. The second-order valence-corrected chi connectivity index (χ2v) is 7.92. The predicted octanol–water partition coefficient (Wildman–Crippen LogP) is 0.0886. The molecule has 0 radical (unpaired) electrons. The van der Waals surface area contributed by atoms with Gasteiger partial charge in [-0.2, -0.15) is 0 Å². The summed E-state index contributed by atoms with van der Waals surface area (Å²) >= 11 is 1.39. The fourth-order valence-electron chi connectivity index (χ4n) is 3.64. The van der Waals surface area contributed by atoms with Gasteiger partial charge in [-0.05, 0) is 31.2 Å². The molecule has 0 N–H and O–H groups in total. The van der Waals surface area contributed by atoms with Gasteiger partial charge in [0.25, 0.3) is 0 Å². The second kappa shape index (κ2) is 8.47. The number of pyridine rings is 1. The predicted molar refractivity (Wildman–Crippen MR) is 117 cm³/mol. The Morgan fingerprint density at radius 1 is 1.10 bits per heavy atom. The maximum atomic E-state index is 13.2. The van der Waals surface area contributed by atoms with Gasteiger partial charge in [0.1, 0.15) is 5.75 Å². The van der Waals surface area contributed by atoms with E-state index in [2.05, 4.69) is 10.1 Å². The molecule has 31 heavy (non-hydrogen) atoms. The molecule has 0 unspecified atom stereocenters. The summed E-state index contributed by atoms with van der Waals surface area (Å²) < 4.78 is 9.23. The molecule has 0 atom stereocenters. The number of benzene rings is 2. The van der Waals surface area contributed by atoms with Crippen LogP contribution in [0.25, 0.3) is 26.3 Å². The Balaban J connectivity index is 0.00000231. The van der Waals surface area contributed by atoms with Crippen molar-refractivity contribution in [3.05, 3.63) is 86.6 Å². The van der Waals surface area contributed by atoms with Gasteiger partial charge in [0.2, 0.25) is 11.1 Å². The average Bonchev–Trinajstić information content (AvgIpc) is 3.32. The van der Waals surface area contributed by atoms with E-state index < -0.39 is 0 Å². The van der Waals surface area contributed by atoms with Gasteiger partial charge < -0.3 is 19.1 Å². The fraction of sp³-hybridized carbons (Fsp3) is 0.136. The number of para-hydroxylation sites is 2. The Labute approximate surface area is 203 Å². The van der Waals surface area contributed by atoms with E-state index >= 15 is 0 Å². The summed E-state index contributed by atoms with van der Waals surface area (Å²) in [4.78, 5) is 30.5. The molecule has 5 aromatic rings. The van der Waals surface area contributed by atoms with Gasteiger partial charge in [-0.25, -0.2) is 4.98 Å². The molecule has 150 valence electrons. The minimum Gasteiger partial charge on any atom is -0.585 e. The van der Waals surface area contributed by atoms with Crippen LogP contribution < -0.4 is 50.5 Å².